The van der Waals surface area contributed by atoms with Crippen molar-refractivity contribution in [2.24, 2.45) is 5.92 Å². The molecule has 0 spiro atoms. The molecule has 1 fully saturated rings. The Balaban J connectivity index is 0.00000289. The summed E-state index contributed by atoms with van der Waals surface area (Å²) in [6, 6.07) is 0. The van der Waals surface area contributed by atoms with Gasteiger partial charge in [-0.25, -0.2) is 0 Å². The van der Waals surface area contributed by atoms with E-state index in [-0.39, 0.29) is 24.2 Å². The Hall–Kier alpha value is -0.810. The van der Waals surface area contributed by atoms with Crippen LogP contribution in [0.3, 0.4) is 0 Å². The Kier molecular flexibility index (Phi) is 9.69. The lowest BCUT2D eigenvalue weighted by Crippen LogP contribution is -2.32. The van der Waals surface area contributed by atoms with Gasteiger partial charge in [0.05, 0.1) is 0 Å². The maximum absolute atomic E-state index is 11.5. The zero-order chi connectivity index (χ0) is 12.5. The third-order valence-corrected chi connectivity index (χ3v) is 2.88. The second-order valence-electron chi connectivity index (χ2n) is 4.51. The fourth-order valence-electron chi connectivity index (χ4n) is 1.89. The second-order valence-corrected chi connectivity index (χ2v) is 4.51. The van der Waals surface area contributed by atoms with E-state index < -0.39 is 0 Å². The molecule has 1 aliphatic heterocycles. The maximum Gasteiger partial charge on any atom is 0.221 e. The summed E-state index contributed by atoms with van der Waals surface area (Å²) >= 11 is 0. The molecule has 1 atom stereocenters. The first kappa shape index (κ1) is 17.2. The summed E-state index contributed by atoms with van der Waals surface area (Å²) in [4.78, 5) is 22.8. The van der Waals surface area contributed by atoms with Crippen LogP contribution in [0.4, 0.5) is 0 Å². The summed E-state index contributed by atoms with van der Waals surface area (Å²) < 4.78 is 0. The Labute approximate surface area is 115 Å². The van der Waals surface area contributed by atoms with E-state index in [4.69, 9.17) is 0 Å². The van der Waals surface area contributed by atoms with E-state index in [2.05, 4.69) is 16.0 Å². The van der Waals surface area contributed by atoms with Crippen molar-refractivity contribution in [2.75, 3.05) is 26.2 Å². The van der Waals surface area contributed by atoms with Crippen LogP contribution in [-0.4, -0.2) is 38.0 Å². The highest BCUT2D eigenvalue weighted by molar-refractivity contribution is 5.85. The molecule has 5 nitrogen and oxygen atoms in total. The molecule has 0 bridgehead atoms. The zero-order valence-electron chi connectivity index (χ0n) is 11.0. The highest BCUT2D eigenvalue weighted by Crippen LogP contribution is 2.11. The molecule has 1 rings (SSSR count). The van der Waals surface area contributed by atoms with Crippen LogP contribution < -0.4 is 16.0 Å². The molecule has 1 aliphatic rings. The minimum absolute atomic E-state index is 0. The van der Waals surface area contributed by atoms with Gasteiger partial charge in [-0.3, -0.25) is 9.59 Å². The van der Waals surface area contributed by atoms with Crippen LogP contribution in [0.15, 0.2) is 0 Å². The molecule has 1 heterocycles. The molecule has 18 heavy (non-hydrogen) atoms. The molecule has 0 aliphatic carbocycles. The number of nitrogens with one attached hydrogen (secondary N) is 3. The smallest absolute Gasteiger partial charge is 0.221 e. The molecular weight excluding hydrogens is 254 g/mol. The average molecular weight is 278 g/mol. The van der Waals surface area contributed by atoms with Gasteiger partial charge in [0.25, 0.3) is 0 Å². The summed E-state index contributed by atoms with van der Waals surface area (Å²) in [7, 11) is 0. The fourth-order valence-corrected chi connectivity index (χ4v) is 1.89. The van der Waals surface area contributed by atoms with Crippen LogP contribution in [0.25, 0.3) is 0 Å². The van der Waals surface area contributed by atoms with Gasteiger partial charge in [-0.2, -0.15) is 0 Å². The highest BCUT2D eigenvalue weighted by Gasteiger charge is 2.17. The van der Waals surface area contributed by atoms with Crippen LogP contribution in [0.5, 0.6) is 0 Å². The first-order chi connectivity index (χ1) is 8.22. The Morgan fingerprint density at radius 2 is 1.94 bits per heavy atom. The van der Waals surface area contributed by atoms with Crippen LogP contribution in [0, 0.1) is 5.92 Å². The van der Waals surface area contributed by atoms with Crippen molar-refractivity contribution in [1.29, 1.82) is 0 Å². The molecule has 0 aromatic rings. The van der Waals surface area contributed by atoms with Gasteiger partial charge >= 0.3 is 0 Å². The van der Waals surface area contributed by atoms with Gasteiger partial charge in [-0.15, -0.1) is 12.4 Å². The van der Waals surface area contributed by atoms with Crippen LogP contribution in [0.1, 0.15) is 32.6 Å². The van der Waals surface area contributed by atoms with Crippen molar-refractivity contribution in [3.63, 3.8) is 0 Å². The second kappa shape index (κ2) is 10.1. The SMILES string of the molecule is CCCNC(=O)CCNC(=O)CC1CCNC1.Cl. The van der Waals surface area contributed by atoms with E-state index in [9.17, 15) is 9.59 Å². The van der Waals surface area contributed by atoms with E-state index in [0.717, 1.165) is 25.9 Å². The number of rotatable bonds is 7. The molecule has 1 saturated heterocycles. The van der Waals surface area contributed by atoms with E-state index >= 15 is 0 Å². The predicted octanol–water partition coefficient (Wildman–Crippen LogP) is 0.440. The Bertz CT molecular complexity index is 256. The monoisotopic (exact) mass is 277 g/mol. The van der Waals surface area contributed by atoms with E-state index in [0.29, 0.717) is 31.8 Å². The fraction of sp³-hybridized carbons (Fsp3) is 0.833. The summed E-state index contributed by atoms with van der Waals surface area (Å²) in [5.41, 5.74) is 0. The van der Waals surface area contributed by atoms with E-state index in [1.165, 1.54) is 0 Å². The first-order valence-electron chi connectivity index (χ1n) is 6.46. The normalized spacial score (nSPS) is 17.9. The van der Waals surface area contributed by atoms with Crippen molar-refractivity contribution < 1.29 is 9.59 Å². The van der Waals surface area contributed by atoms with Crippen molar-refractivity contribution in [1.82, 2.24) is 16.0 Å². The lowest BCUT2D eigenvalue weighted by atomic mass is 10.0. The van der Waals surface area contributed by atoms with Crippen molar-refractivity contribution in [3.05, 3.63) is 0 Å². The van der Waals surface area contributed by atoms with Gasteiger partial charge in [0.15, 0.2) is 0 Å². The predicted molar refractivity (Wildman–Crippen MR) is 73.8 cm³/mol. The van der Waals surface area contributed by atoms with Crippen molar-refractivity contribution in [2.45, 2.75) is 32.6 Å². The Morgan fingerprint density at radius 1 is 1.22 bits per heavy atom. The van der Waals surface area contributed by atoms with Gasteiger partial charge in [0.2, 0.25) is 11.8 Å². The minimum Gasteiger partial charge on any atom is -0.356 e. The first-order valence-corrected chi connectivity index (χ1v) is 6.46. The molecule has 0 saturated carbocycles. The molecule has 6 heteroatoms. The maximum atomic E-state index is 11.5. The summed E-state index contributed by atoms with van der Waals surface area (Å²) in [6.45, 7) is 5.11. The standard InChI is InChI=1S/C12H23N3O2.ClH/c1-2-5-14-11(16)4-7-15-12(17)8-10-3-6-13-9-10;/h10,13H,2-9H2,1H3,(H,14,16)(H,15,17);1H. The van der Waals surface area contributed by atoms with E-state index in [1.54, 1.807) is 0 Å². The molecule has 0 radical (unpaired) electrons. The number of halogens is 1. The van der Waals surface area contributed by atoms with Crippen LogP contribution in [0.2, 0.25) is 0 Å². The van der Waals surface area contributed by atoms with Crippen LogP contribution >= 0.6 is 12.4 Å². The number of carbonyl (C=O) groups is 2. The third-order valence-electron chi connectivity index (χ3n) is 2.88. The number of amides is 2. The van der Waals surface area contributed by atoms with Crippen molar-refractivity contribution in [3.8, 4) is 0 Å². The number of hydrogen-bond donors (Lipinski definition) is 3. The van der Waals surface area contributed by atoms with Crippen LogP contribution in [-0.2, 0) is 9.59 Å². The third kappa shape index (κ3) is 7.50. The average Bonchev–Trinajstić information content (AvgIpc) is 2.79. The molecular formula is C12H24ClN3O2. The Morgan fingerprint density at radius 3 is 2.56 bits per heavy atom. The summed E-state index contributed by atoms with van der Waals surface area (Å²) in [6.07, 6.45) is 2.95. The van der Waals surface area contributed by atoms with Gasteiger partial charge in [-0.05, 0) is 31.8 Å². The molecule has 1 unspecified atom stereocenters. The quantitative estimate of drug-likeness (QED) is 0.632. The molecule has 0 aromatic carbocycles. The molecule has 106 valence electrons. The highest BCUT2D eigenvalue weighted by atomic mass is 35.5. The number of hydrogen-bond acceptors (Lipinski definition) is 3. The molecule has 0 aromatic heterocycles. The van der Waals surface area contributed by atoms with Gasteiger partial charge < -0.3 is 16.0 Å². The lowest BCUT2D eigenvalue weighted by Gasteiger charge is -2.09. The summed E-state index contributed by atoms with van der Waals surface area (Å²) in [5, 5.41) is 8.80. The van der Waals surface area contributed by atoms with Gasteiger partial charge in [-0.1, -0.05) is 6.92 Å². The molecule has 2 amide bonds. The topological polar surface area (TPSA) is 70.2 Å². The zero-order valence-corrected chi connectivity index (χ0v) is 11.8. The lowest BCUT2D eigenvalue weighted by molar-refractivity contribution is -0.122. The van der Waals surface area contributed by atoms with Gasteiger partial charge in [0.1, 0.15) is 0 Å². The minimum atomic E-state index is 0. The van der Waals surface area contributed by atoms with E-state index in [1.807, 2.05) is 6.92 Å². The largest absolute Gasteiger partial charge is 0.356 e. The summed E-state index contributed by atoms with van der Waals surface area (Å²) in [5.74, 6) is 0.528. The molecule has 3 N–H and O–H groups in total. The van der Waals surface area contributed by atoms with Crippen molar-refractivity contribution >= 4 is 24.2 Å². The van der Waals surface area contributed by atoms with Gasteiger partial charge in [0, 0.05) is 25.9 Å². The number of carbonyl (C=O) groups excluding carboxylic acids is 2.